The third-order valence-corrected chi connectivity index (χ3v) is 4.78. The van der Waals surface area contributed by atoms with Crippen LogP contribution in [0.25, 0.3) is 27.8 Å². The summed E-state index contributed by atoms with van der Waals surface area (Å²) in [6, 6.07) is 14.1. The Morgan fingerprint density at radius 3 is 2.50 bits per heavy atom. The maximum Gasteiger partial charge on any atom is 0.238 e. The van der Waals surface area contributed by atoms with Gasteiger partial charge < -0.3 is 0 Å². The van der Waals surface area contributed by atoms with Crippen molar-refractivity contribution in [3.05, 3.63) is 54.2 Å². The summed E-state index contributed by atoms with van der Waals surface area (Å²) in [6.45, 7) is 1.91. The van der Waals surface area contributed by atoms with Crippen LogP contribution >= 0.6 is 0 Å². The van der Waals surface area contributed by atoms with Crippen molar-refractivity contribution in [3.63, 3.8) is 0 Å². The van der Waals surface area contributed by atoms with Crippen LogP contribution in [0.1, 0.15) is 5.69 Å². The Labute approximate surface area is 137 Å². The summed E-state index contributed by atoms with van der Waals surface area (Å²) in [5, 5.41) is 20.1. The standard InChI is InChI=1S/C16H13N5O2S/c1-10-13-7-2-3-8-14(13)16-19-18-15(21(16)20-10)11-5-4-6-12(9-11)24(17,22)23/h2-9H,1H3,(H2,17,22,23). The van der Waals surface area contributed by atoms with Crippen molar-refractivity contribution >= 4 is 26.4 Å². The van der Waals surface area contributed by atoms with Gasteiger partial charge in [-0.2, -0.15) is 9.61 Å². The molecule has 0 saturated heterocycles. The van der Waals surface area contributed by atoms with Crippen LogP contribution in [0.2, 0.25) is 0 Å². The van der Waals surface area contributed by atoms with Gasteiger partial charge in [0.05, 0.1) is 10.6 Å². The number of hydrogen-bond donors (Lipinski definition) is 1. The Morgan fingerprint density at radius 1 is 1.00 bits per heavy atom. The highest BCUT2D eigenvalue weighted by Crippen LogP contribution is 2.25. The molecule has 2 aromatic heterocycles. The summed E-state index contributed by atoms with van der Waals surface area (Å²) in [7, 11) is -3.79. The van der Waals surface area contributed by atoms with Gasteiger partial charge in [-0.3, -0.25) is 0 Å². The number of benzene rings is 2. The van der Waals surface area contributed by atoms with Crippen LogP contribution in [0, 0.1) is 6.92 Å². The molecule has 0 amide bonds. The predicted octanol–water partition coefficient (Wildman–Crippen LogP) is 1.90. The fourth-order valence-corrected chi connectivity index (χ4v) is 3.29. The Kier molecular flexibility index (Phi) is 3.12. The summed E-state index contributed by atoms with van der Waals surface area (Å²) in [5.41, 5.74) is 2.03. The normalized spacial score (nSPS) is 12.1. The fourth-order valence-electron chi connectivity index (χ4n) is 2.73. The van der Waals surface area contributed by atoms with Crippen LogP contribution < -0.4 is 5.14 Å². The molecule has 0 aliphatic rings. The lowest BCUT2D eigenvalue weighted by molar-refractivity contribution is 0.598. The average Bonchev–Trinajstić information content (AvgIpc) is 2.98. The molecule has 0 saturated carbocycles. The average molecular weight is 339 g/mol. The summed E-state index contributed by atoms with van der Waals surface area (Å²) < 4.78 is 24.8. The lowest BCUT2D eigenvalue weighted by atomic mass is 10.1. The van der Waals surface area contributed by atoms with E-state index in [4.69, 9.17) is 5.14 Å². The molecule has 0 radical (unpaired) electrons. The molecular formula is C16H13N5O2S. The Hall–Kier alpha value is -2.84. The van der Waals surface area contributed by atoms with E-state index in [2.05, 4.69) is 15.3 Å². The molecule has 24 heavy (non-hydrogen) atoms. The third kappa shape index (κ3) is 2.24. The van der Waals surface area contributed by atoms with E-state index in [9.17, 15) is 8.42 Å². The molecule has 4 aromatic rings. The van der Waals surface area contributed by atoms with Crippen LogP contribution in [-0.4, -0.2) is 28.2 Å². The van der Waals surface area contributed by atoms with Gasteiger partial charge in [0, 0.05) is 16.3 Å². The van der Waals surface area contributed by atoms with Gasteiger partial charge in [0.15, 0.2) is 11.5 Å². The van der Waals surface area contributed by atoms with Gasteiger partial charge in [-0.05, 0) is 19.1 Å². The molecule has 0 unspecified atom stereocenters. The zero-order valence-electron chi connectivity index (χ0n) is 12.7. The Balaban J connectivity index is 2.03. The predicted molar refractivity (Wildman–Crippen MR) is 89.8 cm³/mol. The van der Waals surface area contributed by atoms with E-state index in [0.29, 0.717) is 17.0 Å². The molecule has 0 spiro atoms. The van der Waals surface area contributed by atoms with Crippen molar-refractivity contribution in [1.82, 2.24) is 19.8 Å². The highest BCUT2D eigenvalue weighted by atomic mass is 32.2. The van der Waals surface area contributed by atoms with Crippen LogP contribution in [0.15, 0.2) is 53.4 Å². The summed E-state index contributed by atoms with van der Waals surface area (Å²) in [5.74, 6) is 0.462. The molecular weight excluding hydrogens is 326 g/mol. The van der Waals surface area contributed by atoms with Gasteiger partial charge in [-0.1, -0.05) is 36.4 Å². The number of sulfonamides is 1. The van der Waals surface area contributed by atoms with Gasteiger partial charge in [-0.15, -0.1) is 10.2 Å². The van der Waals surface area contributed by atoms with Gasteiger partial charge in [0.1, 0.15) is 0 Å². The van der Waals surface area contributed by atoms with E-state index < -0.39 is 10.0 Å². The highest BCUT2D eigenvalue weighted by molar-refractivity contribution is 7.89. The first-order valence-corrected chi connectivity index (χ1v) is 8.74. The lowest BCUT2D eigenvalue weighted by Crippen LogP contribution is -2.12. The van der Waals surface area contributed by atoms with Crippen molar-refractivity contribution in [1.29, 1.82) is 0 Å². The Morgan fingerprint density at radius 2 is 1.75 bits per heavy atom. The molecule has 4 rings (SSSR count). The first kappa shape index (κ1) is 14.7. The minimum Gasteiger partial charge on any atom is -0.225 e. The quantitative estimate of drug-likeness (QED) is 0.601. The first-order chi connectivity index (χ1) is 11.4. The topological polar surface area (TPSA) is 103 Å². The minimum atomic E-state index is -3.79. The smallest absolute Gasteiger partial charge is 0.225 e. The van der Waals surface area contributed by atoms with Gasteiger partial charge in [-0.25, -0.2) is 13.6 Å². The molecule has 0 fully saturated rings. The number of nitrogens with zero attached hydrogens (tertiary/aromatic N) is 4. The minimum absolute atomic E-state index is 0.0225. The molecule has 0 aliphatic carbocycles. The van der Waals surface area contributed by atoms with Crippen LogP contribution in [0.3, 0.4) is 0 Å². The number of hydrogen-bond acceptors (Lipinski definition) is 5. The van der Waals surface area contributed by atoms with Crippen molar-refractivity contribution in [2.75, 3.05) is 0 Å². The fraction of sp³-hybridized carbons (Fsp3) is 0.0625. The maximum absolute atomic E-state index is 11.6. The molecule has 120 valence electrons. The lowest BCUT2D eigenvalue weighted by Gasteiger charge is -2.05. The molecule has 0 atom stereocenters. The van der Waals surface area contributed by atoms with Crippen molar-refractivity contribution in [3.8, 4) is 11.4 Å². The van der Waals surface area contributed by atoms with Gasteiger partial charge >= 0.3 is 0 Å². The van der Waals surface area contributed by atoms with E-state index >= 15 is 0 Å². The highest BCUT2D eigenvalue weighted by Gasteiger charge is 2.15. The number of fused-ring (bicyclic) bond motifs is 3. The molecule has 8 heteroatoms. The molecule has 2 N–H and O–H groups in total. The van der Waals surface area contributed by atoms with E-state index in [-0.39, 0.29) is 4.90 Å². The molecule has 2 aromatic carbocycles. The van der Waals surface area contributed by atoms with E-state index in [1.165, 1.54) is 12.1 Å². The van der Waals surface area contributed by atoms with E-state index in [1.807, 2.05) is 31.2 Å². The monoisotopic (exact) mass is 339 g/mol. The third-order valence-electron chi connectivity index (χ3n) is 3.87. The first-order valence-electron chi connectivity index (χ1n) is 7.19. The van der Waals surface area contributed by atoms with Crippen molar-refractivity contribution in [2.45, 2.75) is 11.8 Å². The van der Waals surface area contributed by atoms with Crippen LogP contribution in [0.4, 0.5) is 0 Å². The largest absolute Gasteiger partial charge is 0.238 e. The van der Waals surface area contributed by atoms with Crippen molar-refractivity contribution < 1.29 is 8.42 Å². The second-order valence-electron chi connectivity index (χ2n) is 5.46. The second-order valence-corrected chi connectivity index (χ2v) is 7.02. The molecule has 2 heterocycles. The number of aromatic nitrogens is 4. The molecule has 0 aliphatic heterocycles. The van der Waals surface area contributed by atoms with E-state index in [1.54, 1.807) is 16.6 Å². The van der Waals surface area contributed by atoms with E-state index in [0.717, 1.165) is 16.5 Å². The van der Waals surface area contributed by atoms with Crippen LogP contribution in [0.5, 0.6) is 0 Å². The number of nitrogens with two attached hydrogens (primary N) is 1. The number of aryl methyl sites for hydroxylation is 1. The van der Waals surface area contributed by atoms with Gasteiger partial charge in [0.2, 0.25) is 10.0 Å². The van der Waals surface area contributed by atoms with Crippen molar-refractivity contribution in [2.24, 2.45) is 5.14 Å². The number of primary sulfonamides is 1. The molecule has 7 nitrogen and oxygen atoms in total. The number of rotatable bonds is 2. The summed E-state index contributed by atoms with van der Waals surface area (Å²) >= 11 is 0. The maximum atomic E-state index is 11.6. The molecule has 0 bridgehead atoms. The second kappa shape index (κ2) is 5.08. The Bertz CT molecular complexity index is 1200. The summed E-state index contributed by atoms with van der Waals surface area (Å²) in [6.07, 6.45) is 0. The van der Waals surface area contributed by atoms with Crippen LogP contribution in [-0.2, 0) is 10.0 Å². The summed E-state index contributed by atoms with van der Waals surface area (Å²) in [4.78, 5) is 0.0225. The SMILES string of the molecule is Cc1nn2c(-c3cccc(S(N)(=O)=O)c3)nnc2c2ccccc12. The zero-order valence-corrected chi connectivity index (χ0v) is 13.5. The zero-order chi connectivity index (χ0) is 16.9. The van der Waals surface area contributed by atoms with Gasteiger partial charge in [0.25, 0.3) is 0 Å².